The highest BCUT2D eigenvalue weighted by Gasteiger charge is 2.54. The normalized spacial score (nSPS) is 25.3. The first kappa shape index (κ1) is 35.8. The number of benzene rings is 2. The van der Waals surface area contributed by atoms with E-state index in [1.54, 1.807) is 0 Å². The Kier molecular flexibility index (Phi) is 8.54. The van der Waals surface area contributed by atoms with E-state index in [0.29, 0.717) is 16.5 Å². The minimum atomic E-state index is -0.721. The number of hydrogen-bond acceptors (Lipinski definition) is 8. The molecule has 55 heavy (non-hydrogen) atoms. The number of amides is 3. The van der Waals surface area contributed by atoms with Crippen LogP contribution >= 0.6 is 0 Å². The minimum Gasteiger partial charge on any atom is -0.379 e. The zero-order valence-electron chi connectivity index (χ0n) is 32.3. The molecule has 0 saturated carbocycles. The zero-order chi connectivity index (χ0) is 38.4. The lowest BCUT2D eigenvalue weighted by atomic mass is 9.71. The van der Waals surface area contributed by atoms with Gasteiger partial charge in [-0.25, -0.2) is 4.79 Å². The molecule has 3 atom stereocenters. The number of imide groups is 1. The number of hydroxylamine groups is 2. The third-order valence-electron chi connectivity index (χ3n) is 12.7. The van der Waals surface area contributed by atoms with E-state index in [0.717, 1.165) is 43.6 Å². The van der Waals surface area contributed by atoms with Crippen LogP contribution in [0, 0.1) is 12.8 Å². The molecule has 1 fully saturated rings. The lowest BCUT2D eigenvalue weighted by molar-refractivity contribution is -0.445. The van der Waals surface area contributed by atoms with Crippen LogP contribution in [0.15, 0.2) is 71.0 Å². The molecule has 11 nitrogen and oxygen atoms in total. The maximum Gasteiger partial charge on any atom is 0.335 e. The van der Waals surface area contributed by atoms with E-state index in [9.17, 15) is 19.2 Å². The number of rotatable bonds is 8. The lowest BCUT2D eigenvalue weighted by Crippen LogP contribution is -2.46. The predicted octanol–water partition coefficient (Wildman–Crippen LogP) is 5.61. The summed E-state index contributed by atoms with van der Waals surface area (Å²) in [7, 11) is 0. The summed E-state index contributed by atoms with van der Waals surface area (Å²) in [5, 5.41) is 3.45. The number of fused-ring (bicyclic) bond motifs is 9. The molecule has 9 rings (SSSR count). The topological polar surface area (TPSA) is 117 Å². The maximum absolute atomic E-state index is 13.3. The molecule has 11 heteroatoms. The maximum atomic E-state index is 13.3. The van der Waals surface area contributed by atoms with Gasteiger partial charge in [-0.3, -0.25) is 14.4 Å². The Morgan fingerprint density at radius 1 is 0.945 bits per heavy atom. The van der Waals surface area contributed by atoms with Crippen molar-refractivity contribution in [3.05, 3.63) is 93.2 Å². The van der Waals surface area contributed by atoms with Gasteiger partial charge in [0.15, 0.2) is 12.3 Å². The van der Waals surface area contributed by atoms with Gasteiger partial charge in [0.25, 0.3) is 17.7 Å². The number of ether oxygens (including phenoxy) is 2. The van der Waals surface area contributed by atoms with Gasteiger partial charge in [-0.2, -0.15) is 4.58 Å². The van der Waals surface area contributed by atoms with Crippen LogP contribution in [-0.2, 0) is 39.5 Å². The second kappa shape index (κ2) is 13.1. The molecule has 0 unspecified atom stereocenters. The molecule has 2 aromatic rings. The Morgan fingerprint density at radius 3 is 2.55 bits per heavy atom. The summed E-state index contributed by atoms with van der Waals surface area (Å²) in [6.07, 6.45) is 8.08. The highest BCUT2D eigenvalue weighted by atomic mass is 16.7. The molecule has 286 valence electrons. The van der Waals surface area contributed by atoms with E-state index < -0.39 is 17.8 Å². The summed E-state index contributed by atoms with van der Waals surface area (Å²) in [5.41, 5.74) is 13.2. The summed E-state index contributed by atoms with van der Waals surface area (Å²) in [6, 6.07) is 12.9. The number of nitrogens with one attached hydrogen (secondary N) is 1. The minimum absolute atomic E-state index is 0.0361. The Labute approximate surface area is 321 Å². The van der Waals surface area contributed by atoms with Gasteiger partial charge in [0.2, 0.25) is 5.69 Å². The summed E-state index contributed by atoms with van der Waals surface area (Å²) in [4.78, 5) is 56.0. The third-order valence-corrected chi connectivity index (χ3v) is 12.7. The largest absolute Gasteiger partial charge is 0.379 e. The smallest absolute Gasteiger partial charge is 0.335 e. The summed E-state index contributed by atoms with van der Waals surface area (Å²) in [6.45, 7) is 13.8. The monoisotopic (exact) mass is 745 g/mol. The van der Waals surface area contributed by atoms with Gasteiger partial charge in [0, 0.05) is 71.9 Å². The molecule has 0 radical (unpaired) electrons. The molecule has 0 aromatic heterocycles. The summed E-state index contributed by atoms with van der Waals surface area (Å²) in [5.74, 6) is -1.47. The molecule has 1 N–H and O–H groups in total. The van der Waals surface area contributed by atoms with Crippen LogP contribution in [0.3, 0.4) is 0 Å². The second-order valence-corrected chi connectivity index (χ2v) is 17.0. The van der Waals surface area contributed by atoms with Crippen molar-refractivity contribution in [3.63, 3.8) is 0 Å². The van der Waals surface area contributed by atoms with Crippen molar-refractivity contribution in [1.29, 1.82) is 0 Å². The zero-order valence-corrected chi connectivity index (χ0v) is 32.3. The highest BCUT2D eigenvalue weighted by molar-refractivity contribution is 6.09. The Bertz CT molecular complexity index is 2180. The Hall–Kier alpha value is -4.87. The fourth-order valence-corrected chi connectivity index (χ4v) is 10.1. The van der Waals surface area contributed by atoms with E-state index in [1.807, 2.05) is 12.1 Å². The fraction of sp³-hybridized carbons (Fsp3) is 0.477. The number of carbonyl (C=O) groups is 4. The van der Waals surface area contributed by atoms with Gasteiger partial charge >= 0.3 is 5.97 Å². The molecular weight excluding hydrogens is 697 g/mol. The lowest BCUT2D eigenvalue weighted by Gasteiger charge is -2.44. The van der Waals surface area contributed by atoms with Gasteiger partial charge in [-0.15, -0.1) is 5.06 Å². The van der Waals surface area contributed by atoms with E-state index in [-0.39, 0.29) is 68.0 Å². The number of allylic oxidation sites excluding steroid dienone is 3. The van der Waals surface area contributed by atoms with E-state index in [4.69, 9.17) is 14.3 Å². The fourth-order valence-electron chi connectivity index (χ4n) is 10.1. The van der Waals surface area contributed by atoms with Crippen molar-refractivity contribution in [2.24, 2.45) is 5.92 Å². The van der Waals surface area contributed by atoms with Crippen molar-refractivity contribution >= 4 is 40.8 Å². The molecule has 2 aromatic carbocycles. The first-order valence-electron chi connectivity index (χ1n) is 19.8. The average Bonchev–Trinajstić information content (AvgIpc) is 3.69. The molecule has 0 bridgehead atoms. The van der Waals surface area contributed by atoms with Crippen LogP contribution in [0.5, 0.6) is 0 Å². The first-order chi connectivity index (χ1) is 26.3. The molecular formula is C44H49N4O7+. The molecule has 1 saturated heterocycles. The average molecular weight is 746 g/mol. The number of carbonyl (C=O) groups excluding carboxylic acids is 4. The van der Waals surface area contributed by atoms with Crippen LogP contribution in [0.4, 0.5) is 11.4 Å². The van der Waals surface area contributed by atoms with Gasteiger partial charge in [0.05, 0.1) is 37.3 Å². The van der Waals surface area contributed by atoms with E-state index in [1.165, 1.54) is 44.9 Å². The van der Waals surface area contributed by atoms with Crippen LogP contribution in [-0.4, -0.2) is 84.1 Å². The van der Waals surface area contributed by atoms with Gasteiger partial charge in [0.1, 0.15) is 0 Å². The number of nitrogens with zero attached hydrogens (tertiary/aromatic N) is 3. The van der Waals surface area contributed by atoms with Crippen molar-refractivity contribution in [3.8, 4) is 0 Å². The van der Waals surface area contributed by atoms with Crippen LogP contribution in [0.1, 0.15) is 93.3 Å². The molecule has 1 aliphatic carbocycles. The van der Waals surface area contributed by atoms with Crippen LogP contribution < -0.4 is 10.2 Å². The SMILES string of the molecule is Cc1ccc2c(c1)C(C)(C)C1=C3C=C4C=C5C6=[N+](CC[C@H]5O[C@H]4C[C@H]3CCN12)c1ccc(C(=O)NCCOCCC(=O)ON2C(=O)CCC2=O)cc1C6(C)C. The van der Waals surface area contributed by atoms with Crippen molar-refractivity contribution in [2.45, 2.75) is 96.2 Å². The second-order valence-electron chi connectivity index (χ2n) is 17.0. The quantitative estimate of drug-likeness (QED) is 0.211. The molecule has 3 amide bonds. The highest BCUT2D eigenvalue weighted by Crippen LogP contribution is 2.55. The standard InChI is InChI=1S/C44H48N4O7/c1-25-6-8-33-31(20-25)43(2,3)40-29-21-28-22-30-35(54-36(28)24-26(29)12-16-46(33)40)13-17-47-34-9-7-27(23-32(34)44(4,5)41(30)47)42(52)45-15-19-53-18-14-39(51)55-48-37(49)10-11-38(48)50/h6-9,20-23,26,35-36H,10-19,24H2,1-5H3/p+1/t26-,35-,36+/m1/s1. The molecule has 0 spiro atoms. The Morgan fingerprint density at radius 2 is 1.75 bits per heavy atom. The summed E-state index contributed by atoms with van der Waals surface area (Å²) >= 11 is 0. The first-order valence-corrected chi connectivity index (χ1v) is 19.8. The number of aryl methyl sites for hydroxylation is 1. The van der Waals surface area contributed by atoms with Crippen molar-refractivity contribution < 1.29 is 38.1 Å². The number of anilines is 1. The van der Waals surface area contributed by atoms with Crippen LogP contribution in [0.25, 0.3) is 0 Å². The molecule has 6 heterocycles. The summed E-state index contributed by atoms with van der Waals surface area (Å²) < 4.78 is 15.0. The molecule has 6 aliphatic heterocycles. The Balaban J connectivity index is 0.897. The van der Waals surface area contributed by atoms with E-state index >= 15 is 0 Å². The van der Waals surface area contributed by atoms with Crippen molar-refractivity contribution in [1.82, 2.24) is 10.4 Å². The van der Waals surface area contributed by atoms with Gasteiger partial charge < -0.3 is 24.5 Å². The third kappa shape index (κ3) is 5.80. The number of hydrogen-bond donors (Lipinski definition) is 1. The molecule has 7 aliphatic rings. The predicted molar refractivity (Wildman–Crippen MR) is 205 cm³/mol. The van der Waals surface area contributed by atoms with Crippen LogP contribution in [0.2, 0.25) is 0 Å². The van der Waals surface area contributed by atoms with E-state index in [2.05, 4.69) is 85.8 Å². The van der Waals surface area contributed by atoms with Gasteiger partial charge in [-0.05, 0) is 80.5 Å². The van der Waals surface area contributed by atoms with Crippen molar-refractivity contribution in [2.75, 3.05) is 37.7 Å². The van der Waals surface area contributed by atoms with Gasteiger partial charge in [-0.1, -0.05) is 37.6 Å².